The Bertz CT molecular complexity index is 333. The van der Waals surface area contributed by atoms with Crippen LogP contribution in [0.25, 0.3) is 0 Å². The van der Waals surface area contributed by atoms with Crippen molar-refractivity contribution in [2.75, 3.05) is 19.6 Å². The molecule has 0 aromatic heterocycles. The molecule has 0 aromatic carbocycles. The fourth-order valence-corrected chi connectivity index (χ4v) is 2.37. The molecule has 18 heavy (non-hydrogen) atoms. The van der Waals surface area contributed by atoms with Gasteiger partial charge in [-0.3, -0.25) is 4.79 Å². The summed E-state index contributed by atoms with van der Waals surface area (Å²) < 4.78 is 0. The Kier molecular flexibility index (Phi) is 3.78. The zero-order valence-corrected chi connectivity index (χ0v) is 11.1. The summed E-state index contributed by atoms with van der Waals surface area (Å²) in [5.41, 5.74) is 0. The Balaban J connectivity index is 1.80. The van der Waals surface area contributed by atoms with Gasteiger partial charge in [-0.1, -0.05) is 0 Å². The van der Waals surface area contributed by atoms with Gasteiger partial charge in [-0.15, -0.1) is 0 Å². The Labute approximate surface area is 108 Å². The lowest BCUT2D eigenvalue weighted by molar-refractivity contribution is -0.139. The summed E-state index contributed by atoms with van der Waals surface area (Å²) in [5.74, 6) is 0.0552. The molecular weight excluding hydrogens is 232 g/mol. The third-order valence-corrected chi connectivity index (χ3v) is 3.71. The molecule has 1 aliphatic heterocycles. The number of carboxylic acids is 1. The van der Waals surface area contributed by atoms with Gasteiger partial charge in [-0.2, -0.15) is 0 Å². The van der Waals surface area contributed by atoms with E-state index in [1.165, 1.54) is 12.8 Å². The maximum atomic E-state index is 12.3. The normalized spacial score (nSPS) is 19.8. The van der Waals surface area contributed by atoms with E-state index in [1.54, 1.807) is 4.90 Å². The lowest BCUT2D eigenvalue weighted by Crippen LogP contribution is -2.56. The van der Waals surface area contributed by atoms with E-state index in [-0.39, 0.29) is 24.4 Å². The average molecular weight is 254 g/mol. The van der Waals surface area contributed by atoms with E-state index in [2.05, 4.69) is 0 Å². The first kappa shape index (κ1) is 13.2. The lowest BCUT2D eigenvalue weighted by atomic mass is 9.97. The van der Waals surface area contributed by atoms with Crippen LogP contribution in [0.3, 0.4) is 0 Å². The second-order valence-electron chi connectivity index (χ2n) is 5.84. The second kappa shape index (κ2) is 5.16. The molecular formula is C13H22N2O3. The van der Waals surface area contributed by atoms with Crippen LogP contribution in [0.1, 0.15) is 33.1 Å². The highest BCUT2D eigenvalue weighted by Crippen LogP contribution is 2.31. The van der Waals surface area contributed by atoms with Crippen molar-refractivity contribution in [3.63, 3.8) is 0 Å². The molecule has 0 atom stereocenters. The largest absolute Gasteiger partial charge is 0.481 e. The van der Waals surface area contributed by atoms with E-state index < -0.39 is 5.97 Å². The van der Waals surface area contributed by atoms with Gasteiger partial charge in [0.1, 0.15) is 0 Å². The van der Waals surface area contributed by atoms with Crippen LogP contribution in [0.15, 0.2) is 0 Å². The molecule has 2 aliphatic rings. The Morgan fingerprint density at radius 1 is 1.28 bits per heavy atom. The van der Waals surface area contributed by atoms with Crippen LogP contribution in [0.5, 0.6) is 0 Å². The van der Waals surface area contributed by atoms with Crippen molar-refractivity contribution in [2.24, 2.45) is 11.8 Å². The molecule has 2 fully saturated rings. The van der Waals surface area contributed by atoms with Crippen LogP contribution < -0.4 is 0 Å². The number of carbonyl (C=O) groups is 2. The van der Waals surface area contributed by atoms with Crippen LogP contribution in [0.4, 0.5) is 4.79 Å². The highest BCUT2D eigenvalue weighted by atomic mass is 16.4. The Hall–Kier alpha value is -1.26. The average Bonchev–Trinajstić information content (AvgIpc) is 3.01. The van der Waals surface area contributed by atoms with Crippen molar-refractivity contribution in [1.29, 1.82) is 0 Å². The van der Waals surface area contributed by atoms with Crippen LogP contribution in [0, 0.1) is 11.8 Å². The maximum absolute atomic E-state index is 12.3. The highest BCUT2D eigenvalue weighted by Gasteiger charge is 2.36. The number of likely N-dealkylation sites (tertiary alicyclic amines) is 1. The summed E-state index contributed by atoms with van der Waals surface area (Å²) >= 11 is 0. The smallest absolute Gasteiger partial charge is 0.320 e. The molecule has 0 aromatic rings. The maximum Gasteiger partial charge on any atom is 0.320 e. The Morgan fingerprint density at radius 2 is 1.89 bits per heavy atom. The number of nitrogens with zero attached hydrogens (tertiary/aromatic N) is 2. The molecule has 5 nitrogen and oxygen atoms in total. The SMILES string of the molecule is CC(C)N(CC1CC1)C(=O)N1CC(CC(=O)O)C1. The van der Waals surface area contributed by atoms with E-state index in [9.17, 15) is 9.59 Å². The summed E-state index contributed by atoms with van der Waals surface area (Å²) in [5, 5.41) is 8.68. The van der Waals surface area contributed by atoms with Crippen LogP contribution in [-0.2, 0) is 4.79 Å². The molecule has 1 heterocycles. The highest BCUT2D eigenvalue weighted by molar-refractivity contribution is 5.76. The molecule has 102 valence electrons. The van der Waals surface area contributed by atoms with E-state index in [1.807, 2.05) is 18.7 Å². The minimum absolute atomic E-state index is 0.0820. The van der Waals surface area contributed by atoms with Gasteiger partial charge in [0, 0.05) is 31.6 Å². The molecule has 1 aliphatic carbocycles. The molecule has 1 saturated heterocycles. The second-order valence-corrected chi connectivity index (χ2v) is 5.84. The summed E-state index contributed by atoms with van der Waals surface area (Å²) in [6, 6.07) is 0.301. The molecule has 0 spiro atoms. The van der Waals surface area contributed by atoms with Crippen molar-refractivity contribution >= 4 is 12.0 Å². The van der Waals surface area contributed by atoms with Crippen molar-refractivity contribution in [3.8, 4) is 0 Å². The summed E-state index contributed by atoms with van der Waals surface area (Å²) in [6.07, 6.45) is 2.64. The van der Waals surface area contributed by atoms with Crippen molar-refractivity contribution in [3.05, 3.63) is 0 Å². The number of hydrogen-bond acceptors (Lipinski definition) is 2. The third kappa shape index (κ3) is 3.15. The fourth-order valence-electron chi connectivity index (χ4n) is 2.37. The number of carboxylic acid groups (broad SMARTS) is 1. The van der Waals surface area contributed by atoms with Gasteiger partial charge in [-0.05, 0) is 32.6 Å². The zero-order chi connectivity index (χ0) is 13.3. The van der Waals surface area contributed by atoms with Gasteiger partial charge >= 0.3 is 12.0 Å². The number of rotatable bonds is 5. The molecule has 2 amide bonds. The first-order valence-electron chi connectivity index (χ1n) is 6.74. The lowest BCUT2D eigenvalue weighted by Gasteiger charge is -2.42. The minimum Gasteiger partial charge on any atom is -0.481 e. The van der Waals surface area contributed by atoms with Gasteiger partial charge in [0.2, 0.25) is 0 Å². The van der Waals surface area contributed by atoms with E-state index >= 15 is 0 Å². The first-order chi connectivity index (χ1) is 8.47. The van der Waals surface area contributed by atoms with Gasteiger partial charge in [0.05, 0.1) is 6.42 Å². The summed E-state index contributed by atoms with van der Waals surface area (Å²) in [6.45, 7) is 6.12. The molecule has 2 rings (SSSR count). The summed E-state index contributed by atoms with van der Waals surface area (Å²) in [4.78, 5) is 26.5. The molecule has 1 saturated carbocycles. The number of hydrogen-bond donors (Lipinski definition) is 1. The zero-order valence-electron chi connectivity index (χ0n) is 11.1. The van der Waals surface area contributed by atoms with Gasteiger partial charge in [0.15, 0.2) is 0 Å². The van der Waals surface area contributed by atoms with Crippen molar-refractivity contribution in [1.82, 2.24) is 9.80 Å². The fraction of sp³-hybridized carbons (Fsp3) is 0.846. The molecule has 1 N–H and O–H groups in total. The number of aliphatic carboxylic acids is 1. The first-order valence-corrected chi connectivity index (χ1v) is 6.74. The molecule has 5 heteroatoms. The van der Waals surface area contributed by atoms with Gasteiger partial charge in [0.25, 0.3) is 0 Å². The minimum atomic E-state index is -0.772. The topological polar surface area (TPSA) is 60.9 Å². The monoisotopic (exact) mass is 254 g/mol. The Morgan fingerprint density at radius 3 is 2.33 bits per heavy atom. The van der Waals surface area contributed by atoms with E-state index in [4.69, 9.17) is 5.11 Å². The van der Waals surface area contributed by atoms with Crippen molar-refractivity contribution < 1.29 is 14.7 Å². The molecule has 0 bridgehead atoms. The van der Waals surface area contributed by atoms with Crippen molar-refractivity contribution in [2.45, 2.75) is 39.2 Å². The number of amides is 2. The van der Waals surface area contributed by atoms with Crippen LogP contribution in [0.2, 0.25) is 0 Å². The van der Waals surface area contributed by atoms with E-state index in [0.717, 1.165) is 6.54 Å². The quantitative estimate of drug-likeness (QED) is 0.811. The van der Waals surface area contributed by atoms with Gasteiger partial charge in [-0.25, -0.2) is 4.79 Å². The third-order valence-electron chi connectivity index (χ3n) is 3.71. The standard InChI is InChI=1S/C13H22N2O3/c1-9(2)15(8-10-3-4-10)13(18)14-6-11(7-14)5-12(16)17/h9-11H,3-8H2,1-2H3,(H,16,17). The summed E-state index contributed by atoms with van der Waals surface area (Å²) in [7, 11) is 0. The number of urea groups is 1. The predicted molar refractivity (Wildman–Crippen MR) is 67.3 cm³/mol. The van der Waals surface area contributed by atoms with Gasteiger partial charge < -0.3 is 14.9 Å². The van der Waals surface area contributed by atoms with E-state index in [0.29, 0.717) is 19.0 Å². The molecule has 0 radical (unpaired) electrons. The molecule has 0 unspecified atom stereocenters. The number of carbonyl (C=O) groups excluding carboxylic acids is 1. The van der Waals surface area contributed by atoms with Crippen LogP contribution in [-0.4, -0.2) is 52.6 Å². The predicted octanol–water partition coefficient (Wildman–Crippen LogP) is 1.63. The van der Waals surface area contributed by atoms with Crippen LogP contribution >= 0.6 is 0 Å².